The highest BCUT2D eigenvalue weighted by atomic mass is 16.5. The summed E-state index contributed by atoms with van der Waals surface area (Å²) in [5, 5.41) is 4.04. The highest BCUT2D eigenvalue weighted by molar-refractivity contribution is 5.93. The number of anilines is 1. The van der Waals surface area contributed by atoms with Crippen molar-refractivity contribution in [3.05, 3.63) is 30.4 Å². The van der Waals surface area contributed by atoms with Crippen LogP contribution in [0.15, 0.2) is 24.8 Å². The summed E-state index contributed by atoms with van der Waals surface area (Å²) in [4.78, 5) is 24.6. The molecule has 2 aromatic heterocycles. The molecular weight excluding hydrogens is 284 g/mol. The van der Waals surface area contributed by atoms with Crippen LogP contribution in [0.4, 0.5) is 5.82 Å². The second-order valence-corrected chi connectivity index (χ2v) is 5.10. The maximum atomic E-state index is 12.4. The van der Waals surface area contributed by atoms with Crippen molar-refractivity contribution in [1.29, 1.82) is 0 Å². The van der Waals surface area contributed by atoms with Crippen LogP contribution in [0.5, 0.6) is 5.88 Å². The number of ether oxygens (including phenoxy) is 1. The highest BCUT2D eigenvalue weighted by Crippen LogP contribution is 2.18. The van der Waals surface area contributed by atoms with E-state index in [1.54, 1.807) is 37.3 Å². The standard InChI is InChI=1S/C14H18N6O2/c1-18-9-11(8-17-18)14(21)20-5-3-19(4-6-20)12-7-13(22-2)16-10-15-12/h7-10H,3-6H2,1-2H3. The molecule has 0 atom stereocenters. The van der Waals surface area contributed by atoms with Crippen LogP contribution in [0.2, 0.25) is 0 Å². The van der Waals surface area contributed by atoms with E-state index in [0.717, 1.165) is 18.9 Å². The van der Waals surface area contributed by atoms with Gasteiger partial charge < -0.3 is 14.5 Å². The van der Waals surface area contributed by atoms with Gasteiger partial charge in [0.2, 0.25) is 5.88 Å². The second-order valence-electron chi connectivity index (χ2n) is 5.10. The number of methoxy groups -OCH3 is 1. The molecule has 1 saturated heterocycles. The molecule has 1 aliphatic heterocycles. The summed E-state index contributed by atoms with van der Waals surface area (Å²) in [5.41, 5.74) is 0.625. The maximum absolute atomic E-state index is 12.4. The van der Waals surface area contributed by atoms with Crippen LogP contribution in [0, 0.1) is 0 Å². The Morgan fingerprint density at radius 3 is 2.64 bits per heavy atom. The third kappa shape index (κ3) is 2.85. The molecule has 22 heavy (non-hydrogen) atoms. The van der Waals surface area contributed by atoms with Crippen molar-refractivity contribution < 1.29 is 9.53 Å². The lowest BCUT2D eigenvalue weighted by molar-refractivity contribution is 0.0746. The minimum Gasteiger partial charge on any atom is -0.481 e. The van der Waals surface area contributed by atoms with Crippen molar-refractivity contribution in [2.75, 3.05) is 38.2 Å². The Kier molecular flexibility index (Phi) is 3.90. The zero-order valence-corrected chi connectivity index (χ0v) is 12.6. The number of aryl methyl sites for hydroxylation is 1. The normalized spacial score (nSPS) is 15.0. The average Bonchev–Trinajstić information content (AvgIpc) is 3.01. The van der Waals surface area contributed by atoms with Crippen molar-refractivity contribution in [3.8, 4) is 5.88 Å². The maximum Gasteiger partial charge on any atom is 0.257 e. The van der Waals surface area contributed by atoms with Crippen LogP contribution >= 0.6 is 0 Å². The molecule has 0 saturated carbocycles. The van der Waals surface area contributed by atoms with E-state index in [2.05, 4.69) is 20.0 Å². The van der Waals surface area contributed by atoms with Gasteiger partial charge in [-0.25, -0.2) is 9.97 Å². The predicted octanol–water partition coefficient (Wildman–Crippen LogP) is 0.181. The Morgan fingerprint density at radius 2 is 2.00 bits per heavy atom. The molecule has 3 rings (SSSR count). The molecule has 0 spiro atoms. The van der Waals surface area contributed by atoms with Gasteiger partial charge in [-0.1, -0.05) is 0 Å². The van der Waals surface area contributed by atoms with Crippen LogP contribution in [-0.2, 0) is 7.05 Å². The summed E-state index contributed by atoms with van der Waals surface area (Å²) >= 11 is 0. The first-order valence-electron chi connectivity index (χ1n) is 7.06. The van der Waals surface area contributed by atoms with Gasteiger partial charge in [-0.05, 0) is 0 Å². The van der Waals surface area contributed by atoms with Crippen molar-refractivity contribution in [1.82, 2.24) is 24.6 Å². The molecule has 2 aromatic rings. The van der Waals surface area contributed by atoms with E-state index >= 15 is 0 Å². The molecule has 1 aliphatic rings. The summed E-state index contributed by atoms with van der Waals surface area (Å²) in [6, 6.07) is 1.80. The third-order valence-electron chi connectivity index (χ3n) is 3.68. The van der Waals surface area contributed by atoms with Gasteiger partial charge in [0.1, 0.15) is 12.1 Å². The van der Waals surface area contributed by atoms with Crippen LogP contribution in [-0.4, -0.2) is 63.8 Å². The molecule has 3 heterocycles. The Morgan fingerprint density at radius 1 is 1.23 bits per heavy atom. The fraction of sp³-hybridized carbons (Fsp3) is 0.429. The van der Waals surface area contributed by atoms with Gasteiger partial charge in [0.25, 0.3) is 5.91 Å². The number of amides is 1. The van der Waals surface area contributed by atoms with E-state index in [1.807, 2.05) is 4.90 Å². The molecule has 0 aliphatic carbocycles. The van der Waals surface area contributed by atoms with E-state index in [4.69, 9.17) is 4.74 Å². The molecule has 8 nitrogen and oxygen atoms in total. The Bertz CT molecular complexity index is 663. The van der Waals surface area contributed by atoms with E-state index in [9.17, 15) is 4.79 Å². The van der Waals surface area contributed by atoms with Crippen LogP contribution in [0.3, 0.4) is 0 Å². The molecule has 1 fully saturated rings. The van der Waals surface area contributed by atoms with Gasteiger partial charge in [0.05, 0.1) is 18.9 Å². The molecule has 8 heteroatoms. The Labute approximate surface area is 128 Å². The van der Waals surface area contributed by atoms with Crippen molar-refractivity contribution >= 4 is 11.7 Å². The minimum atomic E-state index is 0.0213. The number of piperazine rings is 1. The fourth-order valence-electron chi connectivity index (χ4n) is 2.47. The zero-order valence-electron chi connectivity index (χ0n) is 12.6. The average molecular weight is 302 g/mol. The van der Waals surface area contributed by atoms with Crippen molar-refractivity contribution in [2.24, 2.45) is 7.05 Å². The molecule has 0 bridgehead atoms. The summed E-state index contributed by atoms with van der Waals surface area (Å²) in [7, 11) is 3.38. The van der Waals surface area contributed by atoms with E-state index in [-0.39, 0.29) is 5.91 Å². The van der Waals surface area contributed by atoms with E-state index in [0.29, 0.717) is 24.5 Å². The monoisotopic (exact) mass is 302 g/mol. The first kappa shape index (κ1) is 14.3. The number of nitrogens with zero attached hydrogens (tertiary/aromatic N) is 6. The zero-order chi connectivity index (χ0) is 15.5. The van der Waals surface area contributed by atoms with Crippen molar-refractivity contribution in [2.45, 2.75) is 0 Å². The van der Waals surface area contributed by atoms with E-state index in [1.165, 1.54) is 6.33 Å². The summed E-state index contributed by atoms with van der Waals surface area (Å²) in [6.07, 6.45) is 4.83. The van der Waals surface area contributed by atoms with Crippen LogP contribution in [0.25, 0.3) is 0 Å². The lowest BCUT2D eigenvalue weighted by atomic mass is 10.2. The lowest BCUT2D eigenvalue weighted by Crippen LogP contribution is -2.49. The molecule has 116 valence electrons. The largest absolute Gasteiger partial charge is 0.481 e. The number of hydrogen-bond acceptors (Lipinski definition) is 6. The molecule has 0 radical (unpaired) electrons. The van der Waals surface area contributed by atoms with Crippen molar-refractivity contribution in [3.63, 3.8) is 0 Å². The topological polar surface area (TPSA) is 76.4 Å². The summed E-state index contributed by atoms with van der Waals surface area (Å²) < 4.78 is 6.75. The number of carbonyl (C=O) groups excluding carboxylic acids is 1. The quantitative estimate of drug-likeness (QED) is 0.805. The number of carbonyl (C=O) groups is 1. The van der Waals surface area contributed by atoms with Crippen LogP contribution in [0.1, 0.15) is 10.4 Å². The number of aromatic nitrogens is 4. The lowest BCUT2D eigenvalue weighted by Gasteiger charge is -2.35. The van der Waals surface area contributed by atoms with Gasteiger partial charge in [0.15, 0.2) is 0 Å². The van der Waals surface area contributed by atoms with Gasteiger partial charge in [-0.2, -0.15) is 5.10 Å². The van der Waals surface area contributed by atoms with Crippen LogP contribution < -0.4 is 9.64 Å². The number of rotatable bonds is 3. The first-order valence-corrected chi connectivity index (χ1v) is 7.06. The van der Waals surface area contributed by atoms with Gasteiger partial charge in [-0.3, -0.25) is 9.48 Å². The Balaban J connectivity index is 1.63. The van der Waals surface area contributed by atoms with Gasteiger partial charge in [0, 0.05) is 45.5 Å². The molecule has 0 unspecified atom stereocenters. The van der Waals surface area contributed by atoms with E-state index < -0.39 is 0 Å². The van der Waals surface area contributed by atoms with Gasteiger partial charge in [-0.15, -0.1) is 0 Å². The molecular formula is C14H18N6O2. The fourth-order valence-corrected chi connectivity index (χ4v) is 2.47. The molecule has 0 aromatic carbocycles. The molecule has 1 amide bonds. The molecule has 0 N–H and O–H groups in total. The minimum absolute atomic E-state index is 0.0213. The second kappa shape index (κ2) is 6.00. The smallest absolute Gasteiger partial charge is 0.257 e. The first-order chi connectivity index (χ1) is 10.7. The van der Waals surface area contributed by atoms with Gasteiger partial charge >= 0.3 is 0 Å². The highest BCUT2D eigenvalue weighted by Gasteiger charge is 2.23. The summed E-state index contributed by atoms with van der Waals surface area (Å²) in [6.45, 7) is 2.76. The third-order valence-corrected chi connectivity index (χ3v) is 3.68. The predicted molar refractivity (Wildman–Crippen MR) is 79.9 cm³/mol. The number of hydrogen-bond donors (Lipinski definition) is 0. The Hall–Kier alpha value is -2.64. The summed E-state index contributed by atoms with van der Waals surface area (Å²) in [5.74, 6) is 1.38. The SMILES string of the molecule is COc1cc(N2CCN(C(=O)c3cnn(C)c3)CC2)ncn1.